The summed E-state index contributed by atoms with van der Waals surface area (Å²) in [5.74, 6) is 2.77. The van der Waals surface area contributed by atoms with Gasteiger partial charge in [-0.3, -0.25) is 9.69 Å². The Kier molecular flexibility index (Phi) is 5.87. The number of hydrogen-bond donors (Lipinski definition) is 1. The third-order valence-corrected chi connectivity index (χ3v) is 6.14. The summed E-state index contributed by atoms with van der Waals surface area (Å²) in [7, 11) is 0. The first-order chi connectivity index (χ1) is 14.4. The van der Waals surface area contributed by atoms with Crippen LogP contribution in [0.3, 0.4) is 0 Å². The van der Waals surface area contributed by atoms with Crippen LogP contribution in [0.4, 0.5) is 0 Å². The Morgan fingerprint density at radius 2 is 1.87 bits per heavy atom. The number of hydrogen-bond acceptors (Lipinski definition) is 5. The predicted molar refractivity (Wildman–Crippen MR) is 115 cm³/mol. The maximum Gasteiger partial charge on any atom is 0.258 e. The number of fused-ring (bicyclic) bond motifs is 1. The van der Waals surface area contributed by atoms with Crippen LogP contribution < -0.4 is 5.32 Å². The molecule has 1 atom stereocenters. The third-order valence-electron chi connectivity index (χ3n) is 5.51. The van der Waals surface area contributed by atoms with Crippen molar-refractivity contribution in [1.29, 1.82) is 0 Å². The molecular formula is C22H20Cl2N2O4. The second-order valence-corrected chi connectivity index (χ2v) is 8.04. The topological polar surface area (TPSA) is 71.8 Å². The minimum atomic E-state index is -0.450. The van der Waals surface area contributed by atoms with Crippen molar-refractivity contribution in [2.75, 3.05) is 26.3 Å². The summed E-state index contributed by atoms with van der Waals surface area (Å²) in [6.07, 6.45) is 1.82. The van der Waals surface area contributed by atoms with E-state index in [1.165, 1.54) is 0 Å². The third kappa shape index (κ3) is 3.62. The van der Waals surface area contributed by atoms with E-state index in [-0.39, 0.29) is 21.7 Å². The number of morpholine rings is 1. The van der Waals surface area contributed by atoms with Crippen LogP contribution in [0.2, 0.25) is 10.0 Å². The van der Waals surface area contributed by atoms with Crippen molar-refractivity contribution in [1.82, 2.24) is 10.2 Å². The number of rotatable bonds is 3. The molecule has 6 nitrogen and oxygen atoms in total. The van der Waals surface area contributed by atoms with Crippen LogP contribution in [0, 0.1) is 13.8 Å². The summed E-state index contributed by atoms with van der Waals surface area (Å²) >= 11 is 12.4. The van der Waals surface area contributed by atoms with Crippen LogP contribution in [0.25, 0.3) is 11.3 Å². The number of furan rings is 1. The molecule has 1 aromatic heterocycles. The molecule has 8 heteroatoms. The number of carbonyl (C=O) groups excluding carboxylic acids is 2. The van der Waals surface area contributed by atoms with Crippen molar-refractivity contribution in [2.24, 2.45) is 0 Å². The highest BCUT2D eigenvalue weighted by Crippen LogP contribution is 2.39. The summed E-state index contributed by atoms with van der Waals surface area (Å²) in [6.45, 7) is 6.18. The van der Waals surface area contributed by atoms with Crippen LogP contribution in [0.15, 0.2) is 28.7 Å². The Labute approximate surface area is 184 Å². The van der Waals surface area contributed by atoms with Gasteiger partial charge in [0.05, 0.1) is 46.1 Å². The Balaban J connectivity index is 1.78. The monoisotopic (exact) mass is 446 g/mol. The number of halogens is 2. The number of amides is 1. The van der Waals surface area contributed by atoms with Gasteiger partial charge < -0.3 is 14.5 Å². The van der Waals surface area contributed by atoms with Crippen molar-refractivity contribution in [3.8, 4) is 0 Å². The lowest BCUT2D eigenvalue weighted by molar-refractivity contribution is 0.0344. The van der Waals surface area contributed by atoms with E-state index in [0.717, 1.165) is 5.56 Å². The van der Waals surface area contributed by atoms with Gasteiger partial charge in [0.25, 0.3) is 5.91 Å². The van der Waals surface area contributed by atoms with Gasteiger partial charge >= 0.3 is 0 Å². The van der Waals surface area contributed by atoms with Crippen LogP contribution in [-0.4, -0.2) is 49.1 Å². The lowest BCUT2D eigenvalue weighted by Crippen LogP contribution is -2.44. The maximum atomic E-state index is 13.0. The fourth-order valence-corrected chi connectivity index (χ4v) is 4.43. The molecule has 0 radical (unpaired) electrons. The number of aryl methyl sites for hydroxylation is 1. The lowest BCUT2D eigenvalue weighted by Gasteiger charge is -2.35. The highest BCUT2D eigenvalue weighted by molar-refractivity contribution is 6.39. The molecule has 1 aromatic carbocycles. The Morgan fingerprint density at radius 3 is 2.50 bits per heavy atom. The van der Waals surface area contributed by atoms with Gasteiger partial charge in [0.2, 0.25) is 0 Å². The number of benzene rings is 1. The Bertz CT molecular complexity index is 1070. The summed E-state index contributed by atoms with van der Waals surface area (Å²) < 4.78 is 11.4. The fraction of sp³-hybridized carbons (Fsp3) is 0.318. The largest absolute Gasteiger partial charge is 0.459 e. The van der Waals surface area contributed by atoms with Crippen LogP contribution in [-0.2, 0) is 9.53 Å². The second kappa shape index (κ2) is 8.42. The van der Waals surface area contributed by atoms with Gasteiger partial charge in [-0.05, 0) is 37.6 Å². The second-order valence-electron chi connectivity index (χ2n) is 7.23. The van der Waals surface area contributed by atoms with E-state index < -0.39 is 5.91 Å². The summed E-state index contributed by atoms with van der Waals surface area (Å²) in [6, 6.07) is 4.53. The number of ether oxygens (including phenoxy) is 1. The van der Waals surface area contributed by atoms with Gasteiger partial charge in [-0.2, -0.15) is 0 Å². The van der Waals surface area contributed by atoms with Gasteiger partial charge in [-0.25, -0.2) is 4.79 Å². The minimum Gasteiger partial charge on any atom is -0.459 e. The smallest absolute Gasteiger partial charge is 0.258 e. The molecule has 1 N–H and O–H groups in total. The first-order valence-corrected chi connectivity index (χ1v) is 10.3. The Morgan fingerprint density at radius 1 is 1.20 bits per heavy atom. The molecule has 2 aromatic rings. The van der Waals surface area contributed by atoms with E-state index in [9.17, 15) is 9.59 Å². The SMILES string of the molecule is Cc1oc2c(c1C)C(=C=O)C(N1CCOCC1)C=C2NC(=O)c1c(Cl)cccc1Cl. The zero-order valence-electron chi connectivity index (χ0n) is 16.6. The van der Waals surface area contributed by atoms with Crippen LogP contribution in [0.5, 0.6) is 0 Å². The molecule has 0 spiro atoms. The molecule has 1 fully saturated rings. The normalized spacial score (nSPS) is 19.1. The van der Waals surface area contributed by atoms with Gasteiger partial charge in [0.1, 0.15) is 11.7 Å². The molecule has 1 saturated heterocycles. The van der Waals surface area contributed by atoms with Crippen LogP contribution >= 0.6 is 23.2 Å². The van der Waals surface area contributed by atoms with Gasteiger partial charge in [-0.1, -0.05) is 29.3 Å². The molecule has 1 aliphatic heterocycles. The maximum absolute atomic E-state index is 13.0. The van der Waals surface area contributed by atoms with Crippen molar-refractivity contribution < 1.29 is 18.7 Å². The Hall–Kier alpha value is -2.34. The van der Waals surface area contributed by atoms with Crippen molar-refractivity contribution in [3.63, 3.8) is 0 Å². The van der Waals surface area contributed by atoms with Crippen molar-refractivity contribution in [2.45, 2.75) is 19.9 Å². The van der Waals surface area contributed by atoms with E-state index in [0.29, 0.717) is 54.7 Å². The van der Waals surface area contributed by atoms with Crippen molar-refractivity contribution in [3.05, 3.63) is 62.5 Å². The molecule has 156 valence electrons. The summed E-state index contributed by atoms with van der Waals surface area (Å²) in [5.41, 5.74) is 2.66. The van der Waals surface area contributed by atoms with E-state index >= 15 is 0 Å². The highest BCUT2D eigenvalue weighted by Gasteiger charge is 2.36. The average Bonchev–Trinajstić information content (AvgIpc) is 3.03. The van der Waals surface area contributed by atoms with E-state index in [2.05, 4.69) is 16.2 Å². The molecule has 2 aliphatic rings. The molecule has 4 rings (SSSR count). The van der Waals surface area contributed by atoms with E-state index in [1.807, 2.05) is 19.9 Å². The van der Waals surface area contributed by atoms with Crippen molar-refractivity contribution >= 4 is 46.3 Å². The van der Waals surface area contributed by atoms with E-state index in [4.69, 9.17) is 32.4 Å². The number of carbonyl (C=O) groups is 1. The molecule has 2 heterocycles. The quantitative estimate of drug-likeness (QED) is 0.723. The highest BCUT2D eigenvalue weighted by atomic mass is 35.5. The summed E-state index contributed by atoms with van der Waals surface area (Å²) in [4.78, 5) is 27.1. The average molecular weight is 447 g/mol. The fourth-order valence-electron chi connectivity index (χ4n) is 3.86. The molecule has 0 saturated carbocycles. The first kappa shape index (κ1) is 20.9. The lowest BCUT2D eigenvalue weighted by atomic mass is 9.88. The van der Waals surface area contributed by atoms with Crippen LogP contribution in [0.1, 0.15) is 33.0 Å². The molecule has 30 heavy (non-hydrogen) atoms. The minimum absolute atomic E-state index is 0.183. The molecule has 1 amide bonds. The molecular weight excluding hydrogens is 427 g/mol. The standard InChI is InChI=1S/C22H20Cl2N2O4/c1-12-13(2)30-21-17(25-22(28)20-15(23)4-3-5-16(20)24)10-18(14(11-27)19(12)21)26-6-8-29-9-7-26/h3-5,10,18H,6-9H2,1-2H3,(H,25,28). The number of nitrogens with zero attached hydrogens (tertiary/aromatic N) is 1. The first-order valence-electron chi connectivity index (χ1n) is 9.57. The van der Waals surface area contributed by atoms with Gasteiger partial charge in [0, 0.05) is 18.7 Å². The summed E-state index contributed by atoms with van der Waals surface area (Å²) in [5, 5.41) is 3.39. The van der Waals surface area contributed by atoms with Gasteiger partial charge in [-0.15, -0.1) is 0 Å². The zero-order chi connectivity index (χ0) is 21.4. The molecule has 1 unspecified atom stereocenters. The molecule has 1 aliphatic carbocycles. The predicted octanol–water partition coefficient (Wildman–Crippen LogP) is 3.90. The van der Waals surface area contributed by atoms with Gasteiger partial charge in [0.15, 0.2) is 5.76 Å². The zero-order valence-corrected chi connectivity index (χ0v) is 18.1. The number of nitrogens with one attached hydrogen (secondary N) is 1. The molecule has 0 bridgehead atoms. The van der Waals surface area contributed by atoms with E-state index in [1.54, 1.807) is 18.2 Å².